The van der Waals surface area contributed by atoms with Crippen molar-refractivity contribution in [1.29, 1.82) is 5.26 Å². The third-order valence-electron chi connectivity index (χ3n) is 2.51. The van der Waals surface area contributed by atoms with Crippen LogP contribution in [0.25, 0.3) is 5.69 Å². The predicted octanol–water partition coefficient (Wildman–Crippen LogP) is 2.36. The number of rotatable bonds is 2. The largest absolute Gasteiger partial charge is 0.294 e. The first-order valence-corrected chi connectivity index (χ1v) is 5.96. The van der Waals surface area contributed by atoms with Gasteiger partial charge < -0.3 is 0 Å². The summed E-state index contributed by atoms with van der Waals surface area (Å²) in [5.41, 5.74) is 2.03. The van der Waals surface area contributed by atoms with Crippen molar-refractivity contribution < 1.29 is 0 Å². The molecule has 1 N–H and O–H groups in total. The molecule has 1 aromatic carbocycles. The molecule has 0 aliphatic carbocycles. The zero-order valence-corrected chi connectivity index (χ0v) is 10.8. The van der Waals surface area contributed by atoms with E-state index in [-0.39, 0.29) is 5.56 Å². The van der Waals surface area contributed by atoms with Gasteiger partial charge in [0.15, 0.2) is 0 Å². The highest BCUT2D eigenvalue weighted by Crippen LogP contribution is 2.13. The van der Waals surface area contributed by atoms with Crippen molar-refractivity contribution in [2.75, 3.05) is 0 Å². The van der Waals surface area contributed by atoms with Crippen LogP contribution in [0, 0.1) is 11.3 Å². The molecule has 0 saturated carbocycles. The number of hydrogen-bond donors (Lipinski definition) is 1. The van der Waals surface area contributed by atoms with Crippen molar-refractivity contribution in [3.05, 3.63) is 50.3 Å². The maximum absolute atomic E-state index is 11.9. The Balaban J connectivity index is 2.53. The average Bonchev–Trinajstić information content (AvgIpc) is 2.66. The van der Waals surface area contributed by atoms with E-state index in [1.54, 1.807) is 24.3 Å². The summed E-state index contributed by atoms with van der Waals surface area (Å²) in [6.45, 7) is 1.97. The molecular formula is C12H10BrN3O. The van der Waals surface area contributed by atoms with E-state index in [0.29, 0.717) is 10.0 Å². The molecule has 0 bridgehead atoms. The maximum atomic E-state index is 11.9. The fourth-order valence-electron chi connectivity index (χ4n) is 1.56. The van der Waals surface area contributed by atoms with E-state index >= 15 is 0 Å². The Labute approximate surface area is 107 Å². The minimum Gasteiger partial charge on any atom is -0.294 e. The number of H-pyrrole nitrogens is 1. The number of nitrogens with one attached hydrogen (secondary N) is 1. The quantitative estimate of drug-likeness (QED) is 0.923. The molecule has 1 heterocycles. The second kappa shape index (κ2) is 4.60. The molecule has 17 heavy (non-hydrogen) atoms. The number of nitrogens with zero attached hydrogens (tertiary/aromatic N) is 2. The Morgan fingerprint density at radius 1 is 1.41 bits per heavy atom. The second-order valence-electron chi connectivity index (χ2n) is 3.56. The van der Waals surface area contributed by atoms with Crippen molar-refractivity contribution in [1.82, 2.24) is 9.78 Å². The predicted molar refractivity (Wildman–Crippen MR) is 68.2 cm³/mol. The lowest BCUT2D eigenvalue weighted by atomic mass is 10.2. The van der Waals surface area contributed by atoms with Gasteiger partial charge in [0.2, 0.25) is 0 Å². The number of aromatic nitrogens is 2. The first kappa shape index (κ1) is 11.7. The number of nitriles is 1. The Morgan fingerprint density at radius 2 is 2.06 bits per heavy atom. The first-order valence-electron chi connectivity index (χ1n) is 5.17. The van der Waals surface area contributed by atoms with Crippen LogP contribution in [0.2, 0.25) is 0 Å². The van der Waals surface area contributed by atoms with Crippen LogP contribution in [-0.4, -0.2) is 9.78 Å². The molecule has 2 aromatic rings. The first-order chi connectivity index (χ1) is 8.17. The highest BCUT2D eigenvalue weighted by molar-refractivity contribution is 9.10. The SMILES string of the molecule is CCc1[nH]n(-c2ccc(C#N)cc2)c(=O)c1Br. The van der Waals surface area contributed by atoms with Crippen molar-refractivity contribution in [3.63, 3.8) is 0 Å². The van der Waals surface area contributed by atoms with Gasteiger partial charge in [-0.3, -0.25) is 9.89 Å². The molecule has 0 aliphatic rings. The lowest BCUT2D eigenvalue weighted by molar-refractivity contribution is 0.819. The van der Waals surface area contributed by atoms with Crippen LogP contribution < -0.4 is 5.56 Å². The molecule has 0 radical (unpaired) electrons. The Morgan fingerprint density at radius 3 is 2.53 bits per heavy atom. The van der Waals surface area contributed by atoms with Gasteiger partial charge in [0.25, 0.3) is 5.56 Å². The molecule has 2 rings (SSSR count). The van der Waals surface area contributed by atoms with Gasteiger partial charge in [0, 0.05) is 0 Å². The molecular weight excluding hydrogens is 282 g/mol. The van der Waals surface area contributed by atoms with Gasteiger partial charge in [-0.1, -0.05) is 6.92 Å². The van der Waals surface area contributed by atoms with Crippen LogP contribution in [0.3, 0.4) is 0 Å². The smallest absolute Gasteiger partial charge is 0.285 e. The summed E-state index contributed by atoms with van der Waals surface area (Å²) in [6, 6.07) is 8.88. The van der Waals surface area contributed by atoms with Crippen molar-refractivity contribution >= 4 is 15.9 Å². The van der Waals surface area contributed by atoms with E-state index in [0.717, 1.165) is 17.8 Å². The maximum Gasteiger partial charge on any atom is 0.285 e. The third kappa shape index (κ3) is 2.04. The molecule has 0 saturated heterocycles. The minimum absolute atomic E-state index is 0.119. The van der Waals surface area contributed by atoms with Crippen LogP contribution in [0.4, 0.5) is 0 Å². The van der Waals surface area contributed by atoms with E-state index in [1.165, 1.54) is 4.68 Å². The molecule has 0 fully saturated rings. The molecule has 1 aromatic heterocycles. The standard InChI is InChI=1S/C12H10BrN3O/c1-2-10-11(13)12(17)16(15-10)9-5-3-8(7-14)4-6-9/h3-6,15H,2H2,1H3. The van der Waals surface area contributed by atoms with Crippen molar-refractivity contribution in [3.8, 4) is 11.8 Å². The average molecular weight is 292 g/mol. The van der Waals surface area contributed by atoms with Gasteiger partial charge in [0.05, 0.1) is 23.0 Å². The molecule has 0 atom stereocenters. The molecule has 5 heteroatoms. The number of halogens is 1. The number of aryl methyl sites for hydroxylation is 1. The summed E-state index contributed by atoms with van der Waals surface area (Å²) in [5.74, 6) is 0. The number of benzene rings is 1. The highest BCUT2D eigenvalue weighted by atomic mass is 79.9. The van der Waals surface area contributed by atoms with Crippen molar-refractivity contribution in [2.24, 2.45) is 0 Å². The van der Waals surface area contributed by atoms with Gasteiger partial charge in [-0.15, -0.1) is 0 Å². The fraction of sp³-hybridized carbons (Fsp3) is 0.167. The van der Waals surface area contributed by atoms with Crippen molar-refractivity contribution in [2.45, 2.75) is 13.3 Å². The summed E-state index contributed by atoms with van der Waals surface area (Å²) in [6.07, 6.45) is 0.749. The summed E-state index contributed by atoms with van der Waals surface area (Å²) >= 11 is 3.27. The fourth-order valence-corrected chi connectivity index (χ4v) is 2.11. The third-order valence-corrected chi connectivity index (χ3v) is 3.33. The topological polar surface area (TPSA) is 61.6 Å². The van der Waals surface area contributed by atoms with Crippen LogP contribution in [0.15, 0.2) is 33.5 Å². The van der Waals surface area contributed by atoms with E-state index < -0.39 is 0 Å². The van der Waals surface area contributed by atoms with Gasteiger partial charge in [0.1, 0.15) is 4.47 Å². The van der Waals surface area contributed by atoms with E-state index in [1.807, 2.05) is 13.0 Å². The zero-order valence-electron chi connectivity index (χ0n) is 9.20. The lowest BCUT2D eigenvalue weighted by Gasteiger charge is -2.01. The zero-order chi connectivity index (χ0) is 12.4. The van der Waals surface area contributed by atoms with Gasteiger partial charge in [-0.2, -0.15) is 5.26 Å². The van der Waals surface area contributed by atoms with Crippen LogP contribution >= 0.6 is 15.9 Å². The van der Waals surface area contributed by atoms with Crippen LogP contribution in [0.5, 0.6) is 0 Å². The summed E-state index contributed by atoms with van der Waals surface area (Å²) < 4.78 is 2.02. The van der Waals surface area contributed by atoms with E-state index in [2.05, 4.69) is 21.0 Å². The summed E-state index contributed by atoms with van der Waals surface area (Å²) in [5, 5.41) is 11.7. The van der Waals surface area contributed by atoms with Gasteiger partial charge in [-0.25, -0.2) is 4.68 Å². The molecule has 4 nitrogen and oxygen atoms in total. The Hall–Kier alpha value is -1.80. The minimum atomic E-state index is -0.119. The van der Waals surface area contributed by atoms with E-state index in [9.17, 15) is 4.79 Å². The summed E-state index contributed by atoms with van der Waals surface area (Å²) in [7, 11) is 0. The molecule has 0 unspecified atom stereocenters. The summed E-state index contributed by atoms with van der Waals surface area (Å²) in [4.78, 5) is 11.9. The van der Waals surface area contributed by atoms with Crippen LogP contribution in [-0.2, 0) is 6.42 Å². The van der Waals surface area contributed by atoms with Gasteiger partial charge in [-0.05, 0) is 46.6 Å². The lowest BCUT2D eigenvalue weighted by Crippen LogP contribution is -2.14. The molecule has 0 amide bonds. The highest BCUT2D eigenvalue weighted by Gasteiger charge is 2.10. The van der Waals surface area contributed by atoms with Gasteiger partial charge >= 0.3 is 0 Å². The Kier molecular flexibility index (Phi) is 3.16. The Bertz CT molecular complexity index is 631. The van der Waals surface area contributed by atoms with Crippen LogP contribution in [0.1, 0.15) is 18.2 Å². The normalized spacial score (nSPS) is 10.2. The second-order valence-corrected chi connectivity index (χ2v) is 4.35. The number of hydrogen-bond acceptors (Lipinski definition) is 2. The molecule has 86 valence electrons. The molecule has 0 spiro atoms. The number of aromatic amines is 1. The monoisotopic (exact) mass is 291 g/mol. The van der Waals surface area contributed by atoms with E-state index in [4.69, 9.17) is 5.26 Å². The molecule has 0 aliphatic heterocycles.